The maximum absolute atomic E-state index is 12.7. The number of amides is 1. The molecule has 0 unspecified atom stereocenters. The Morgan fingerprint density at radius 3 is 2.76 bits per heavy atom. The second-order valence-corrected chi connectivity index (χ2v) is 5.99. The third-order valence-corrected chi connectivity index (χ3v) is 4.33. The summed E-state index contributed by atoms with van der Waals surface area (Å²) < 4.78 is 7.12. The normalized spacial score (nSPS) is 15.9. The molecule has 1 aliphatic carbocycles. The Kier molecular flexibility index (Phi) is 4.80. The van der Waals surface area contributed by atoms with Gasteiger partial charge in [-0.1, -0.05) is 11.3 Å². The molecule has 1 aromatic carbocycles. The number of hydrogen-bond donors (Lipinski definition) is 2. The van der Waals surface area contributed by atoms with Crippen molar-refractivity contribution in [2.24, 2.45) is 0 Å². The quantitative estimate of drug-likeness (QED) is 0.832. The number of carbonyl (C=O) groups excluding carboxylic acids is 1. The van der Waals surface area contributed by atoms with E-state index in [0.29, 0.717) is 18.0 Å². The zero-order valence-corrected chi connectivity index (χ0v) is 13.9. The van der Waals surface area contributed by atoms with Gasteiger partial charge < -0.3 is 15.2 Å². The number of anilines is 1. The molecule has 25 heavy (non-hydrogen) atoms. The predicted molar refractivity (Wildman–Crippen MR) is 89.8 cm³/mol. The third kappa shape index (κ3) is 3.53. The molecular weight excluding hydrogens is 324 g/mol. The van der Waals surface area contributed by atoms with Crippen molar-refractivity contribution in [1.82, 2.24) is 15.0 Å². The Balaban J connectivity index is 1.79. The van der Waals surface area contributed by atoms with Gasteiger partial charge in [0.15, 0.2) is 5.69 Å². The fourth-order valence-electron chi connectivity index (χ4n) is 3.12. The number of rotatable bonds is 6. The van der Waals surface area contributed by atoms with Crippen LogP contribution in [0.1, 0.15) is 43.1 Å². The molecule has 1 amide bonds. The molecule has 0 atom stereocenters. The number of aromatic nitrogens is 3. The van der Waals surface area contributed by atoms with Gasteiger partial charge in [-0.15, -0.1) is 5.10 Å². The number of ether oxygens (including phenoxy) is 1. The van der Waals surface area contributed by atoms with Gasteiger partial charge >= 0.3 is 5.97 Å². The van der Waals surface area contributed by atoms with Crippen molar-refractivity contribution in [2.75, 3.05) is 11.9 Å². The summed E-state index contributed by atoms with van der Waals surface area (Å²) in [5.41, 5.74) is 0.306. The minimum atomic E-state index is -1.14. The van der Waals surface area contributed by atoms with Crippen LogP contribution in [0.5, 0.6) is 0 Å². The second kappa shape index (κ2) is 7.02. The minimum absolute atomic E-state index is 0.143. The predicted octanol–water partition coefficient (Wildman–Crippen LogP) is 2.25. The van der Waals surface area contributed by atoms with E-state index in [9.17, 15) is 9.59 Å². The standard InChI is InChI=1S/C17H20N4O4/c1-2-25-17(8-3-4-9-17)16(24)18-12-6-5-7-13(10-12)21-11-14(15(22)23)19-20-21/h5-7,10-11H,2-4,8-9H2,1H3,(H,18,24)(H,22,23). The van der Waals surface area contributed by atoms with Crippen molar-refractivity contribution >= 4 is 17.6 Å². The highest BCUT2D eigenvalue weighted by molar-refractivity contribution is 5.97. The summed E-state index contributed by atoms with van der Waals surface area (Å²) in [4.78, 5) is 23.6. The molecule has 0 radical (unpaired) electrons. The van der Waals surface area contributed by atoms with Crippen LogP contribution in [0, 0.1) is 0 Å². The molecular formula is C17H20N4O4. The van der Waals surface area contributed by atoms with Crippen LogP contribution >= 0.6 is 0 Å². The number of nitrogens with one attached hydrogen (secondary N) is 1. The minimum Gasteiger partial charge on any atom is -0.476 e. The lowest BCUT2D eigenvalue weighted by Crippen LogP contribution is -2.43. The van der Waals surface area contributed by atoms with Crippen molar-refractivity contribution in [3.05, 3.63) is 36.2 Å². The van der Waals surface area contributed by atoms with E-state index in [-0.39, 0.29) is 11.6 Å². The Labute approximate surface area is 144 Å². The summed E-state index contributed by atoms with van der Waals surface area (Å²) in [6.45, 7) is 2.38. The number of carbonyl (C=O) groups is 2. The van der Waals surface area contributed by atoms with E-state index in [1.54, 1.807) is 24.3 Å². The topological polar surface area (TPSA) is 106 Å². The van der Waals surface area contributed by atoms with Crippen molar-refractivity contribution < 1.29 is 19.4 Å². The largest absolute Gasteiger partial charge is 0.476 e. The molecule has 8 nitrogen and oxygen atoms in total. The molecule has 0 saturated heterocycles. The monoisotopic (exact) mass is 344 g/mol. The Bertz CT molecular complexity index is 780. The number of carboxylic acid groups (broad SMARTS) is 1. The summed E-state index contributed by atoms with van der Waals surface area (Å²) in [6.07, 6.45) is 4.71. The van der Waals surface area contributed by atoms with Gasteiger partial charge in [0, 0.05) is 12.3 Å². The summed E-state index contributed by atoms with van der Waals surface area (Å²) >= 11 is 0. The first-order chi connectivity index (χ1) is 12.0. The molecule has 2 aromatic rings. The van der Waals surface area contributed by atoms with Gasteiger partial charge in [0.1, 0.15) is 5.60 Å². The van der Waals surface area contributed by atoms with Crippen LogP contribution < -0.4 is 5.32 Å². The second-order valence-electron chi connectivity index (χ2n) is 5.99. The van der Waals surface area contributed by atoms with Crippen LogP contribution in [0.2, 0.25) is 0 Å². The summed E-state index contributed by atoms with van der Waals surface area (Å²) in [7, 11) is 0. The van der Waals surface area contributed by atoms with Crippen LogP contribution in [-0.2, 0) is 9.53 Å². The Morgan fingerprint density at radius 2 is 2.12 bits per heavy atom. The van der Waals surface area contributed by atoms with Gasteiger partial charge in [0.05, 0.1) is 11.9 Å². The maximum atomic E-state index is 12.7. The first-order valence-corrected chi connectivity index (χ1v) is 8.25. The van der Waals surface area contributed by atoms with Crippen molar-refractivity contribution in [3.8, 4) is 5.69 Å². The smallest absolute Gasteiger partial charge is 0.358 e. The van der Waals surface area contributed by atoms with Gasteiger partial charge in [-0.05, 0) is 50.8 Å². The fraction of sp³-hybridized carbons (Fsp3) is 0.412. The van der Waals surface area contributed by atoms with Crippen LogP contribution in [0.25, 0.3) is 5.69 Å². The molecule has 8 heteroatoms. The lowest BCUT2D eigenvalue weighted by Gasteiger charge is -2.27. The lowest BCUT2D eigenvalue weighted by molar-refractivity contribution is -0.140. The van der Waals surface area contributed by atoms with E-state index < -0.39 is 11.6 Å². The van der Waals surface area contributed by atoms with Crippen molar-refractivity contribution in [1.29, 1.82) is 0 Å². The highest BCUT2D eigenvalue weighted by Crippen LogP contribution is 2.34. The van der Waals surface area contributed by atoms with Crippen molar-refractivity contribution in [3.63, 3.8) is 0 Å². The van der Waals surface area contributed by atoms with Crippen LogP contribution in [-0.4, -0.2) is 44.2 Å². The summed E-state index contributed by atoms with van der Waals surface area (Å²) in [6, 6.07) is 7.00. The summed E-state index contributed by atoms with van der Waals surface area (Å²) in [5.74, 6) is -1.29. The van der Waals surface area contributed by atoms with Crippen LogP contribution in [0.15, 0.2) is 30.5 Å². The molecule has 1 aliphatic rings. The number of aromatic carboxylic acids is 1. The highest BCUT2D eigenvalue weighted by Gasteiger charge is 2.41. The van der Waals surface area contributed by atoms with Gasteiger partial charge in [-0.3, -0.25) is 4.79 Å². The van der Waals surface area contributed by atoms with E-state index in [1.807, 2.05) is 6.92 Å². The molecule has 1 fully saturated rings. The molecule has 132 valence electrons. The zero-order chi connectivity index (χ0) is 17.9. The number of benzene rings is 1. The highest BCUT2D eigenvalue weighted by atomic mass is 16.5. The molecule has 3 rings (SSSR count). The van der Waals surface area contributed by atoms with Crippen molar-refractivity contribution in [2.45, 2.75) is 38.2 Å². The van der Waals surface area contributed by atoms with E-state index in [2.05, 4.69) is 15.6 Å². The first kappa shape index (κ1) is 17.1. The Hall–Kier alpha value is -2.74. The molecule has 1 saturated carbocycles. The fourth-order valence-corrected chi connectivity index (χ4v) is 3.12. The molecule has 0 aliphatic heterocycles. The number of hydrogen-bond acceptors (Lipinski definition) is 5. The van der Waals surface area contributed by atoms with Gasteiger partial charge in [0.2, 0.25) is 0 Å². The van der Waals surface area contributed by atoms with Gasteiger partial charge in [-0.25, -0.2) is 9.48 Å². The van der Waals surface area contributed by atoms with Crippen LogP contribution in [0.4, 0.5) is 5.69 Å². The molecule has 0 spiro atoms. The Morgan fingerprint density at radius 1 is 1.36 bits per heavy atom. The molecule has 0 bridgehead atoms. The zero-order valence-electron chi connectivity index (χ0n) is 13.9. The molecule has 1 heterocycles. The van der Waals surface area contributed by atoms with Gasteiger partial charge in [-0.2, -0.15) is 0 Å². The average Bonchev–Trinajstić information content (AvgIpc) is 3.26. The number of carboxylic acids is 1. The van der Waals surface area contributed by atoms with Crippen LogP contribution in [0.3, 0.4) is 0 Å². The first-order valence-electron chi connectivity index (χ1n) is 8.25. The SMILES string of the molecule is CCOC1(C(=O)Nc2cccc(-n3cc(C(=O)O)nn3)c2)CCCC1. The summed E-state index contributed by atoms with van der Waals surface area (Å²) in [5, 5.41) is 19.2. The average molecular weight is 344 g/mol. The third-order valence-electron chi connectivity index (χ3n) is 4.33. The lowest BCUT2D eigenvalue weighted by atomic mass is 10.0. The van der Waals surface area contributed by atoms with Gasteiger partial charge in [0.25, 0.3) is 5.91 Å². The van der Waals surface area contributed by atoms with E-state index in [1.165, 1.54) is 10.9 Å². The molecule has 1 aromatic heterocycles. The molecule has 2 N–H and O–H groups in total. The van der Waals surface area contributed by atoms with E-state index in [0.717, 1.165) is 25.7 Å². The van der Waals surface area contributed by atoms with E-state index >= 15 is 0 Å². The maximum Gasteiger partial charge on any atom is 0.358 e. The van der Waals surface area contributed by atoms with E-state index in [4.69, 9.17) is 9.84 Å². The number of nitrogens with zero attached hydrogens (tertiary/aromatic N) is 3.